The molecule has 0 fully saturated rings. The van der Waals surface area contributed by atoms with Crippen LogP contribution in [-0.4, -0.2) is 0 Å². The number of allylic oxidation sites excluding steroid dienone is 2. The molecule has 3 aromatic rings. The van der Waals surface area contributed by atoms with Crippen molar-refractivity contribution in [2.75, 3.05) is 0 Å². The summed E-state index contributed by atoms with van der Waals surface area (Å²) in [4.78, 5) is 0. The number of aryl methyl sites for hydroxylation is 1. The predicted octanol–water partition coefficient (Wildman–Crippen LogP) is 11.7. The van der Waals surface area contributed by atoms with E-state index in [0.29, 0.717) is 23.1 Å². The molecule has 3 heteroatoms. The molecular weight excluding hydrogens is 489 g/mol. The minimum Gasteiger partial charge on any atom is -0.206 e. The van der Waals surface area contributed by atoms with Gasteiger partial charge in [0.2, 0.25) is 0 Å². The quantitative estimate of drug-likeness (QED) is 0.192. The molecular formula is C36H43F3. The lowest BCUT2D eigenvalue weighted by Gasteiger charge is -2.22. The van der Waals surface area contributed by atoms with Crippen molar-refractivity contribution >= 4 is 5.57 Å². The molecule has 39 heavy (non-hydrogen) atoms. The fourth-order valence-electron chi connectivity index (χ4n) is 5.88. The number of unbranched alkanes of at least 4 members (excludes halogenated alkanes) is 6. The zero-order chi connectivity index (χ0) is 27.6. The summed E-state index contributed by atoms with van der Waals surface area (Å²) >= 11 is 0. The van der Waals surface area contributed by atoms with Gasteiger partial charge in [-0.2, -0.15) is 0 Å². The van der Waals surface area contributed by atoms with Gasteiger partial charge in [0.25, 0.3) is 0 Å². The highest BCUT2D eigenvalue weighted by atomic mass is 19.2. The van der Waals surface area contributed by atoms with Gasteiger partial charge < -0.3 is 0 Å². The zero-order valence-corrected chi connectivity index (χ0v) is 23.7. The van der Waals surface area contributed by atoms with Crippen LogP contribution in [0.5, 0.6) is 0 Å². The van der Waals surface area contributed by atoms with E-state index in [9.17, 15) is 8.78 Å². The van der Waals surface area contributed by atoms with Crippen molar-refractivity contribution in [3.63, 3.8) is 0 Å². The first kappa shape index (κ1) is 29.2. The fourth-order valence-corrected chi connectivity index (χ4v) is 5.88. The van der Waals surface area contributed by atoms with E-state index >= 15 is 4.39 Å². The van der Waals surface area contributed by atoms with Crippen LogP contribution in [0.2, 0.25) is 0 Å². The van der Waals surface area contributed by atoms with E-state index in [2.05, 4.69) is 19.9 Å². The molecule has 0 nitrogen and oxygen atoms in total. The Bertz CT molecular complexity index is 1240. The summed E-state index contributed by atoms with van der Waals surface area (Å²) in [6.07, 6.45) is 16.3. The fraction of sp³-hybridized carbons (Fsp3) is 0.444. The Kier molecular flexibility index (Phi) is 10.9. The lowest BCUT2D eigenvalue weighted by Crippen LogP contribution is -2.05. The third-order valence-corrected chi connectivity index (χ3v) is 8.27. The molecule has 0 saturated carbocycles. The van der Waals surface area contributed by atoms with E-state index in [0.717, 1.165) is 61.1 Å². The van der Waals surface area contributed by atoms with Gasteiger partial charge in [-0.15, -0.1) is 0 Å². The summed E-state index contributed by atoms with van der Waals surface area (Å²) in [5.74, 6) is -1.01. The van der Waals surface area contributed by atoms with E-state index in [4.69, 9.17) is 0 Å². The molecule has 3 aromatic carbocycles. The average Bonchev–Trinajstić information content (AvgIpc) is 2.95. The van der Waals surface area contributed by atoms with Gasteiger partial charge in [0.05, 0.1) is 0 Å². The zero-order valence-electron chi connectivity index (χ0n) is 23.7. The number of hydrogen-bond donors (Lipinski definition) is 0. The number of benzene rings is 3. The van der Waals surface area contributed by atoms with Crippen LogP contribution in [0.15, 0.2) is 60.7 Å². The maximum Gasteiger partial charge on any atom is 0.166 e. The molecule has 1 aliphatic rings. The Balaban J connectivity index is 1.40. The van der Waals surface area contributed by atoms with Gasteiger partial charge in [0.15, 0.2) is 11.6 Å². The molecule has 1 aliphatic carbocycles. The van der Waals surface area contributed by atoms with Crippen LogP contribution in [-0.2, 0) is 6.42 Å². The Hall–Kier alpha value is -2.81. The lowest BCUT2D eigenvalue weighted by atomic mass is 9.84. The normalized spacial score (nSPS) is 15.4. The second-order valence-electron chi connectivity index (χ2n) is 11.2. The first-order valence-corrected chi connectivity index (χ1v) is 15.1. The molecule has 0 amide bonds. The smallest absolute Gasteiger partial charge is 0.166 e. The summed E-state index contributed by atoms with van der Waals surface area (Å²) < 4.78 is 44.9. The topological polar surface area (TPSA) is 0 Å². The molecule has 0 bridgehead atoms. The standard InChI is InChI=1S/C36H43F3/c1-3-5-6-7-8-9-10-12-30-21-24-33(36(39)35(30)38)29-19-17-27(18-20-29)31-22-23-32(34(37)25-31)28-15-13-26(11-4-2)14-16-28/h15,17-26H,3-14,16H2,1-2H3. The maximum absolute atomic E-state index is 15.1. The van der Waals surface area contributed by atoms with Crippen LogP contribution in [0.4, 0.5) is 13.2 Å². The summed E-state index contributed by atoms with van der Waals surface area (Å²) in [6.45, 7) is 4.42. The monoisotopic (exact) mass is 532 g/mol. The van der Waals surface area contributed by atoms with Crippen molar-refractivity contribution < 1.29 is 13.2 Å². The van der Waals surface area contributed by atoms with Crippen LogP contribution in [0.25, 0.3) is 27.8 Å². The van der Waals surface area contributed by atoms with Crippen molar-refractivity contribution in [3.8, 4) is 22.3 Å². The van der Waals surface area contributed by atoms with Gasteiger partial charge in [-0.05, 0) is 71.9 Å². The first-order chi connectivity index (χ1) is 19.0. The van der Waals surface area contributed by atoms with Crippen molar-refractivity contribution in [1.29, 1.82) is 0 Å². The summed E-state index contributed by atoms with van der Waals surface area (Å²) in [6, 6.07) is 16.1. The van der Waals surface area contributed by atoms with Crippen molar-refractivity contribution in [2.45, 2.75) is 97.3 Å². The second kappa shape index (κ2) is 14.5. The summed E-state index contributed by atoms with van der Waals surface area (Å²) in [5.41, 5.74) is 4.75. The molecule has 0 aliphatic heterocycles. The minimum atomic E-state index is -0.791. The van der Waals surface area contributed by atoms with Crippen LogP contribution < -0.4 is 0 Å². The lowest BCUT2D eigenvalue weighted by molar-refractivity contribution is 0.444. The van der Waals surface area contributed by atoms with Crippen LogP contribution in [0.3, 0.4) is 0 Å². The van der Waals surface area contributed by atoms with E-state index in [1.54, 1.807) is 30.3 Å². The Morgan fingerprint density at radius 2 is 1.33 bits per heavy atom. The number of rotatable bonds is 13. The van der Waals surface area contributed by atoms with E-state index < -0.39 is 11.6 Å². The molecule has 0 heterocycles. The SMILES string of the molecule is CCCCCCCCCc1ccc(-c2ccc(-c3ccc(C4=CCC(CCC)CC4)c(F)c3)cc2)c(F)c1F. The molecule has 208 valence electrons. The van der Waals surface area contributed by atoms with Gasteiger partial charge >= 0.3 is 0 Å². The number of halogens is 3. The largest absolute Gasteiger partial charge is 0.206 e. The van der Waals surface area contributed by atoms with E-state index in [1.807, 2.05) is 24.3 Å². The van der Waals surface area contributed by atoms with Gasteiger partial charge in [0.1, 0.15) is 5.82 Å². The molecule has 1 atom stereocenters. The van der Waals surface area contributed by atoms with Crippen LogP contribution >= 0.6 is 0 Å². The third-order valence-electron chi connectivity index (χ3n) is 8.27. The average molecular weight is 533 g/mol. The van der Waals surface area contributed by atoms with Gasteiger partial charge in [-0.3, -0.25) is 0 Å². The number of hydrogen-bond acceptors (Lipinski definition) is 0. The maximum atomic E-state index is 15.1. The highest BCUT2D eigenvalue weighted by Gasteiger charge is 2.18. The third kappa shape index (κ3) is 7.65. The second-order valence-corrected chi connectivity index (χ2v) is 11.2. The summed E-state index contributed by atoms with van der Waals surface area (Å²) in [7, 11) is 0. The van der Waals surface area contributed by atoms with Gasteiger partial charge in [0, 0.05) is 11.1 Å². The molecule has 4 rings (SSSR count). The van der Waals surface area contributed by atoms with Crippen molar-refractivity contribution in [1.82, 2.24) is 0 Å². The molecule has 0 radical (unpaired) electrons. The van der Waals surface area contributed by atoms with E-state index in [-0.39, 0.29) is 11.4 Å². The first-order valence-electron chi connectivity index (χ1n) is 15.1. The molecule has 1 unspecified atom stereocenters. The molecule has 0 spiro atoms. The summed E-state index contributed by atoms with van der Waals surface area (Å²) in [5, 5.41) is 0. The highest BCUT2D eigenvalue weighted by Crippen LogP contribution is 2.35. The highest BCUT2D eigenvalue weighted by molar-refractivity contribution is 5.74. The van der Waals surface area contributed by atoms with Crippen molar-refractivity contribution in [2.24, 2.45) is 5.92 Å². The molecule has 0 saturated heterocycles. The van der Waals surface area contributed by atoms with Crippen LogP contribution in [0.1, 0.15) is 102 Å². The van der Waals surface area contributed by atoms with Crippen molar-refractivity contribution in [3.05, 3.63) is 89.3 Å². The van der Waals surface area contributed by atoms with Gasteiger partial charge in [-0.1, -0.05) is 120 Å². The van der Waals surface area contributed by atoms with E-state index in [1.165, 1.54) is 38.5 Å². The van der Waals surface area contributed by atoms with Gasteiger partial charge in [-0.25, -0.2) is 13.2 Å². The molecule has 0 N–H and O–H groups in total. The minimum absolute atomic E-state index is 0.207. The Morgan fingerprint density at radius 1 is 0.667 bits per heavy atom. The Morgan fingerprint density at radius 3 is 2.00 bits per heavy atom. The predicted molar refractivity (Wildman–Crippen MR) is 159 cm³/mol. The Labute approximate surface area is 233 Å². The van der Waals surface area contributed by atoms with Crippen LogP contribution in [0, 0.1) is 23.4 Å². The molecule has 0 aromatic heterocycles.